The zero-order chi connectivity index (χ0) is 19.0. The van der Waals surface area contributed by atoms with Crippen molar-refractivity contribution in [2.24, 2.45) is 5.92 Å². The third-order valence-corrected chi connectivity index (χ3v) is 4.64. The van der Waals surface area contributed by atoms with Crippen molar-refractivity contribution in [3.63, 3.8) is 0 Å². The average Bonchev–Trinajstić information content (AvgIpc) is 2.57. The summed E-state index contributed by atoms with van der Waals surface area (Å²) in [6.07, 6.45) is 0.831. The van der Waals surface area contributed by atoms with E-state index in [1.54, 1.807) is 6.92 Å². The largest absolute Gasteiger partial charge is 0.465 e. The van der Waals surface area contributed by atoms with Gasteiger partial charge in [-0.2, -0.15) is 0 Å². The molecular weight excluding hydrogens is 316 g/mol. The Morgan fingerprint density at radius 2 is 1.80 bits per heavy atom. The predicted octanol–water partition coefficient (Wildman–Crippen LogP) is 3.05. The van der Waals surface area contributed by atoms with Gasteiger partial charge in [0.05, 0.1) is 19.2 Å². The van der Waals surface area contributed by atoms with Crippen molar-refractivity contribution >= 4 is 11.9 Å². The van der Waals surface area contributed by atoms with Gasteiger partial charge in [-0.1, -0.05) is 38.5 Å². The Bertz CT molecular complexity index is 586. The van der Waals surface area contributed by atoms with Crippen molar-refractivity contribution in [1.82, 2.24) is 10.6 Å². The minimum absolute atomic E-state index is 0.0850. The van der Waals surface area contributed by atoms with Gasteiger partial charge in [0.15, 0.2) is 0 Å². The van der Waals surface area contributed by atoms with Gasteiger partial charge in [0, 0.05) is 0 Å². The van der Waals surface area contributed by atoms with E-state index < -0.39 is 6.04 Å². The fourth-order valence-electron chi connectivity index (χ4n) is 2.60. The molecule has 0 fully saturated rings. The van der Waals surface area contributed by atoms with E-state index in [9.17, 15) is 9.59 Å². The summed E-state index contributed by atoms with van der Waals surface area (Å²) < 4.78 is 5.10. The Labute approximate surface area is 151 Å². The van der Waals surface area contributed by atoms with Crippen LogP contribution >= 0.6 is 0 Å². The lowest BCUT2D eigenvalue weighted by molar-refractivity contribution is -0.147. The number of carbonyl (C=O) groups is 2. The third-order valence-electron chi connectivity index (χ3n) is 4.64. The second-order valence-corrected chi connectivity index (χ2v) is 6.63. The quantitative estimate of drug-likeness (QED) is 0.673. The molecule has 0 bridgehead atoms. The van der Waals surface area contributed by atoms with E-state index in [0.29, 0.717) is 6.61 Å². The van der Waals surface area contributed by atoms with Crippen molar-refractivity contribution in [1.29, 1.82) is 0 Å². The lowest BCUT2D eigenvalue weighted by atomic mass is 9.99. The average molecular weight is 348 g/mol. The molecule has 0 aliphatic heterocycles. The van der Waals surface area contributed by atoms with Crippen LogP contribution in [0.2, 0.25) is 0 Å². The van der Waals surface area contributed by atoms with Crippen LogP contribution in [0.15, 0.2) is 18.2 Å². The van der Waals surface area contributed by atoms with Crippen LogP contribution < -0.4 is 10.6 Å². The Hall–Kier alpha value is -1.88. The van der Waals surface area contributed by atoms with Crippen molar-refractivity contribution < 1.29 is 14.3 Å². The van der Waals surface area contributed by atoms with E-state index in [1.165, 1.54) is 11.1 Å². The molecule has 5 nitrogen and oxygen atoms in total. The Balaban J connectivity index is 2.61. The molecule has 0 spiro atoms. The second kappa shape index (κ2) is 10.2. The summed E-state index contributed by atoms with van der Waals surface area (Å²) in [5.74, 6) is -0.334. The van der Waals surface area contributed by atoms with Crippen LogP contribution in [0.1, 0.15) is 56.8 Å². The molecule has 25 heavy (non-hydrogen) atoms. The Morgan fingerprint density at radius 3 is 2.36 bits per heavy atom. The van der Waals surface area contributed by atoms with Gasteiger partial charge in [0.2, 0.25) is 5.91 Å². The van der Waals surface area contributed by atoms with Gasteiger partial charge in [0.25, 0.3) is 0 Å². The van der Waals surface area contributed by atoms with E-state index in [0.717, 1.165) is 12.0 Å². The minimum Gasteiger partial charge on any atom is -0.465 e. The molecule has 0 saturated carbocycles. The molecule has 140 valence electrons. The van der Waals surface area contributed by atoms with Gasteiger partial charge in [-0.15, -0.1) is 0 Å². The minimum atomic E-state index is -0.465. The zero-order valence-corrected chi connectivity index (χ0v) is 16.3. The number of nitrogens with one attached hydrogen (secondary N) is 2. The Kier molecular flexibility index (Phi) is 8.62. The van der Waals surface area contributed by atoms with E-state index in [4.69, 9.17) is 4.74 Å². The number of aryl methyl sites for hydroxylation is 2. The molecule has 1 aromatic rings. The Morgan fingerprint density at radius 1 is 1.12 bits per heavy atom. The molecular formula is C20H32N2O3. The number of carbonyl (C=O) groups excluding carboxylic acids is 2. The summed E-state index contributed by atoms with van der Waals surface area (Å²) in [5.41, 5.74) is 3.51. The van der Waals surface area contributed by atoms with E-state index in [2.05, 4.69) is 36.6 Å². The lowest BCUT2D eigenvalue weighted by Crippen LogP contribution is -2.47. The molecule has 0 saturated heterocycles. The topological polar surface area (TPSA) is 67.4 Å². The summed E-state index contributed by atoms with van der Waals surface area (Å²) in [6.45, 7) is 12.3. The molecule has 1 rings (SSSR count). The summed E-state index contributed by atoms with van der Waals surface area (Å²) in [5, 5.41) is 6.02. The first kappa shape index (κ1) is 21.2. The summed E-state index contributed by atoms with van der Waals surface area (Å²) in [6, 6.07) is 5.63. The standard InChI is InChI=1S/C20H32N2O3/c1-7-13(3)19(20(24)25-8-2)21-12-18(23)22-16(6)17-10-9-14(4)15(5)11-17/h9-11,13,16,19,21H,7-8,12H2,1-6H3,(H,22,23)/t13-,16-,19+/m0/s1. The van der Waals surface area contributed by atoms with Crippen LogP contribution in [0.3, 0.4) is 0 Å². The van der Waals surface area contributed by atoms with Crippen molar-refractivity contribution in [3.8, 4) is 0 Å². The number of rotatable bonds is 9. The van der Waals surface area contributed by atoms with E-state index in [-0.39, 0.29) is 30.4 Å². The van der Waals surface area contributed by atoms with Gasteiger partial charge >= 0.3 is 5.97 Å². The van der Waals surface area contributed by atoms with Gasteiger partial charge in [0.1, 0.15) is 6.04 Å². The molecule has 5 heteroatoms. The number of benzene rings is 1. The van der Waals surface area contributed by atoms with Crippen molar-refractivity contribution in [3.05, 3.63) is 34.9 Å². The first-order chi connectivity index (χ1) is 11.8. The molecule has 0 aromatic heterocycles. The zero-order valence-electron chi connectivity index (χ0n) is 16.3. The summed E-state index contributed by atoms with van der Waals surface area (Å²) >= 11 is 0. The van der Waals surface area contributed by atoms with Gasteiger partial charge < -0.3 is 10.1 Å². The highest BCUT2D eigenvalue weighted by Gasteiger charge is 2.25. The molecule has 1 aromatic carbocycles. The number of esters is 1. The summed E-state index contributed by atoms with van der Waals surface area (Å²) in [7, 11) is 0. The molecule has 0 heterocycles. The van der Waals surface area contributed by atoms with Gasteiger partial charge in [-0.05, 0) is 50.3 Å². The van der Waals surface area contributed by atoms with Gasteiger partial charge in [-0.25, -0.2) is 0 Å². The molecule has 0 radical (unpaired) electrons. The molecule has 0 aliphatic rings. The number of amides is 1. The van der Waals surface area contributed by atoms with Crippen LogP contribution in [-0.2, 0) is 14.3 Å². The lowest BCUT2D eigenvalue weighted by Gasteiger charge is -2.23. The van der Waals surface area contributed by atoms with E-state index >= 15 is 0 Å². The third kappa shape index (κ3) is 6.50. The highest BCUT2D eigenvalue weighted by Crippen LogP contribution is 2.16. The summed E-state index contributed by atoms with van der Waals surface area (Å²) in [4.78, 5) is 24.3. The molecule has 2 N–H and O–H groups in total. The fourth-order valence-corrected chi connectivity index (χ4v) is 2.60. The first-order valence-corrected chi connectivity index (χ1v) is 9.06. The number of hydrogen-bond acceptors (Lipinski definition) is 4. The molecule has 1 amide bonds. The maximum absolute atomic E-state index is 12.2. The van der Waals surface area contributed by atoms with Crippen LogP contribution in [0.4, 0.5) is 0 Å². The monoisotopic (exact) mass is 348 g/mol. The highest BCUT2D eigenvalue weighted by atomic mass is 16.5. The van der Waals surface area contributed by atoms with Crippen LogP contribution in [0, 0.1) is 19.8 Å². The molecule has 0 aliphatic carbocycles. The van der Waals surface area contributed by atoms with Crippen molar-refractivity contribution in [2.75, 3.05) is 13.2 Å². The predicted molar refractivity (Wildman–Crippen MR) is 100 cm³/mol. The number of ether oxygens (including phenoxy) is 1. The van der Waals surface area contributed by atoms with Crippen molar-refractivity contribution in [2.45, 2.75) is 60.0 Å². The van der Waals surface area contributed by atoms with E-state index in [1.807, 2.05) is 26.8 Å². The highest BCUT2D eigenvalue weighted by molar-refractivity contribution is 5.81. The fraction of sp³-hybridized carbons (Fsp3) is 0.600. The maximum Gasteiger partial charge on any atom is 0.323 e. The molecule has 3 atom stereocenters. The second-order valence-electron chi connectivity index (χ2n) is 6.63. The first-order valence-electron chi connectivity index (χ1n) is 9.06. The van der Waals surface area contributed by atoms with Crippen LogP contribution in [0.25, 0.3) is 0 Å². The van der Waals surface area contributed by atoms with Crippen LogP contribution in [-0.4, -0.2) is 31.1 Å². The number of hydrogen-bond donors (Lipinski definition) is 2. The van der Waals surface area contributed by atoms with Gasteiger partial charge in [-0.3, -0.25) is 14.9 Å². The van der Waals surface area contributed by atoms with Crippen LogP contribution in [0.5, 0.6) is 0 Å². The smallest absolute Gasteiger partial charge is 0.323 e. The SMILES string of the molecule is CCOC(=O)[C@H](NCC(=O)N[C@@H](C)c1ccc(C)c(C)c1)[C@@H](C)CC. The maximum atomic E-state index is 12.2. The normalized spacial score (nSPS) is 14.5. The molecule has 0 unspecified atom stereocenters.